The summed E-state index contributed by atoms with van der Waals surface area (Å²) in [7, 11) is 2.71. The fourth-order valence-electron chi connectivity index (χ4n) is 4.07. The number of benzene rings is 2. The Labute approximate surface area is 222 Å². The van der Waals surface area contributed by atoms with E-state index < -0.39 is 18.0 Å². The van der Waals surface area contributed by atoms with Crippen molar-refractivity contribution in [3.8, 4) is 17.2 Å². The first kappa shape index (κ1) is 26.6. The number of methoxy groups -OCH3 is 2. The number of hydrogen-bond donors (Lipinski definition) is 0. The van der Waals surface area contributed by atoms with Crippen LogP contribution in [0.3, 0.4) is 0 Å². The van der Waals surface area contributed by atoms with Crippen molar-refractivity contribution in [2.75, 3.05) is 20.8 Å². The molecule has 10 heteroatoms. The van der Waals surface area contributed by atoms with Gasteiger partial charge in [0.15, 0.2) is 16.3 Å². The van der Waals surface area contributed by atoms with Crippen LogP contribution in [0.4, 0.5) is 0 Å². The largest absolute Gasteiger partial charge is 0.493 e. The lowest BCUT2D eigenvalue weighted by atomic mass is 9.95. The fourth-order valence-corrected chi connectivity index (χ4v) is 5.11. The van der Waals surface area contributed by atoms with E-state index in [0.717, 1.165) is 5.56 Å². The lowest BCUT2D eigenvalue weighted by Crippen LogP contribution is -2.39. The molecule has 0 N–H and O–H groups in total. The number of thiazole rings is 1. The first-order valence-electron chi connectivity index (χ1n) is 11.6. The molecule has 1 aromatic heterocycles. The Hall–Kier alpha value is -4.44. The number of esters is 2. The third-order valence-electron chi connectivity index (χ3n) is 5.73. The van der Waals surface area contributed by atoms with Crippen molar-refractivity contribution in [3.63, 3.8) is 0 Å². The second kappa shape index (κ2) is 11.3. The molecule has 0 bridgehead atoms. The first-order chi connectivity index (χ1) is 18.3. The zero-order chi connectivity index (χ0) is 27.4. The number of hydrogen-bond acceptors (Lipinski definition) is 9. The molecular formula is C28H26N2O7S. The highest BCUT2D eigenvalue weighted by molar-refractivity contribution is 7.07. The Morgan fingerprint density at radius 2 is 1.87 bits per heavy atom. The van der Waals surface area contributed by atoms with E-state index in [1.54, 1.807) is 37.3 Å². The smallest absolute Gasteiger partial charge is 0.338 e. The minimum atomic E-state index is -0.837. The molecule has 0 aliphatic carbocycles. The molecule has 0 saturated heterocycles. The summed E-state index contributed by atoms with van der Waals surface area (Å²) < 4.78 is 23.1. The number of fused-ring (bicyclic) bond motifs is 1. The highest BCUT2D eigenvalue weighted by atomic mass is 32.1. The molecule has 38 heavy (non-hydrogen) atoms. The zero-order valence-corrected chi connectivity index (χ0v) is 22.2. The number of carbonyl (C=O) groups excluding carboxylic acids is 2. The number of ether oxygens (including phenoxy) is 4. The van der Waals surface area contributed by atoms with Crippen LogP contribution in [0.15, 0.2) is 76.2 Å². The van der Waals surface area contributed by atoms with Gasteiger partial charge in [0.25, 0.3) is 5.56 Å². The van der Waals surface area contributed by atoms with Crippen molar-refractivity contribution in [3.05, 3.63) is 97.2 Å². The third-order valence-corrected chi connectivity index (χ3v) is 6.71. The Morgan fingerprint density at radius 1 is 1.13 bits per heavy atom. The van der Waals surface area contributed by atoms with E-state index in [-0.39, 0.29) is 22.6 Å². The number of nitrogens with zero attached hydrogens (tertiary/aromatic N) is 2. The number of allylic oxidation sites excluding steroid dienone is 1. The second-order valence-electron chi connectivity index (χ2n) is 8.25. The Balaban J connectivity index is 1.87. The van der Waals surface area contributed by atoms with Gasteiger partial charge in [0.05, 0.1) is 36.1 Å². The second-order valence-corrected chi connectivity index (χ2v) is 9.26. The lowest BCUT2D eigenvalue weighted by molar-refractivity contribution is -0.136. The van der Waals surface area contributed by atoms with E-state index in [1.807, 2.05) is 24.3 Å². The van der Waals surface area contributed by atoms with Crippen molar-refractivity contribution in [2.24, 2.45) is 4.99 Å². The van der Waals surface area contributed by atoms with Crippen LogP contribution < -0.4 is 29.1 Å². The molecule has 1 unspecified atom stereocenters. The molecule has 1 atom stereocenters. The van der Waals surface area contributed by atoms with Crippen LogP contribution in [0, 0.1) is 0 Å². The van der Waals surface area contributed by atoms with Gasteiger partial charge in [-0.3, -0.25) is 14.2 Å². The predicted octanol–water partition coefficient (Wildman–Crippen LogP) is 2.91. The topological polar surface area (TPSA) is 105 Å². The van der Waals surface area contributed by atoms with Crippen LogP contribution in [-0.2, 0) is 14.3 Å². The summed E-state index contributed by atoms with van der Waals surface area (Å²) in [5.41, 5.74) is 1.69. The van der Waals surface area contributed by atoms with Crippen molar-refractivity contribution < 1.29 is 28.5 Å². The number of carbonyl (C=O) groups is 2. The van der Waals surface area contributed by atoms with Crippen LogP contribution in [0.1, 0.15) is 31.0 Å². The SMILES string of the molecule is C=CCOc1ccc(/C=c2/sc3n(c2=O)C(c2ccc(OC(C)=O)c(OC)c2)C(C(=O)OC)=C(C)N=3)cc1. The Kier molecular flexibility index (Phi) is 7.92. The van der Waals surface area contributed by atoms with Gasteiger partial charge in [0, 0.05) is 6.92 Å². The maximum absolute atomic E-state index is 13.7. The standard InChI is InChI=1S/C28H26N2O7S/c1-6-13-36-20-10-7-18(8-11-20)14-23-26(32)30-25(24(27(33)35-5)16(2)29-28(30)38-23)19-9-12-21(37-17(3)31)22(15-19)34-4/h6-12,14-15,25H,1,13H2,2-5H3/b23-14+. The molecule has 2 aromatic carbocycles. The van der Waals surface area contributed by atoms with Gasteiger partial charge < -0.3 is 18.9 Å². The van der Waals surface area contributed by atoms with Crippen LogP contribution in [0.5, 0.6) is 17.2 Å². The van der Waals surface area contributed by atoms with E-state index in [1.165, 1.54) is 37.0 Å². The maximum Gasteiger partial charge on any atom is 0.338 e. The summed E-state index contributed by atoms with van der Waals surface area (Å²) in [5, 5.41) is 0. The van der Waals surface area contributed by atoms with Crippen LogP contribution in [0.25, 0.3) is 6.08 Å². The minimum Gasteiger partial charge on any atom is -0.493 e. The van der Waals surface area contributed by atoms with E-state index >= 15 is 0 Å². The van der Waals surface area contributed by atoms with Gasteiger partial charge in [0.1, 0.15) is 12.4 Å². The molecule has 4 rings (SSSR count). The molecule has 0 spiro atoms. The van der Waals surface area contributed by atoms with Crippen molar-refractivity contribution >= 4 is 29.4 Å². The summed E-state index contributed by atoms with van der Waals surface area (Å²) in [5.74, 6) is 0.0708. The van der Waals surface area contributed by atoms with Gasteiger partial charge in [-0.05, 0) is 48.4 Å². The monoisotopic (exact) mass is 534 g/mol. The summed E-state index contributed by atoms with van der Waals surface area (Å²) in [6.07, 6.45) is 3.43. The highest BCUT2D eigenvalue weighted by Gasteiger charge is 2.33. The van der Waals surface area contributed by atoms with Gasteiger partial charge in [-0.2, -0.15) is 0 Å². The van der Waals surface area contributed by atoms with E-state index in [2.05, 4.69) is 11.6 Å². The fraction of sp³-hybridized carbons (Fsp3) is 0.214. The quantitative estimate of drug-likeness (QED) is 0.249. The average molecular weight is 535 g/mol. The maximum atomic E-state index is 13.7. The molecule has 1 aliphatic rings. The van der Waals surface area contributed by atoms with E-state index in [4.69, 9.17) is 18.9 Å². The lowest BCUT2D eigenvalue weighted by Gasteiger charge is -2.25. The van der Waals surface area contributed by atoms with Crippen molar-refractivity contribution in [2.45, 2.75) is 19.9 Å². The normalized spacial score (nSPS) is 14.8. The molecule has 0 amide bonds. The number of rotatable bonds is 8. The molecule has 196 valence electrons. The molecular weight excluding hydrogens is 508 g/mol. The molecule has 0 fully saturated rings. The van der Waals surface area contributed by atoms with E-state index in [9.17, 15) is 14.4 Å². The average Bonchev–Trinajstić information content (AvgIpc) is 3.21. The summed E-state index contributed by atoms with van der Waals surface area (Å²) in [4.78, 5) is 43.1. The van der Waals surface area contributed by atoms with Gasteiger partial charge in [0.2, 0.25) is 0 Å². The van der Waals surface area contributed by atoms with Gasteiger partial charge in [-0.1, -0.05) is 42.2 Å². The van der Waals surface area contributed by atoms with E-state index in [0.29, 0.717) is 33.0 Å². The molecule has 3 aromatic rings. The van der Waals surface area contributed by atoms with Gasteiger partial charge in [-0.25, -0.2) is 9.79 Å². The van der Waals surface area contributed by atoms with Crippen LogP contribution in [-0.4, -0.2) is 37.3 Å². The Bertz CT molecular complexity index is 1610. The zero-order valence-electron chi connectivity index (χ0n) is 21.3. The van der Waals surface area contributed by atoms with Gasteiger partial charge >= 0.3 is 11.9 Å². The van der Waals surface area contributed by atoms with Gasteiger partial charge in [-0.15, -0.1) is 0 Å². The predicted molar refractivity (Wildman–Crippen MR) is 142 cm³/mol. The molecule has 2 heterocycles. The number of aromatic nitrogens is 1. The third kappa shape index (κ3) is 5.30. The highest BCUT2D eigenvalue weighted by Crippen LogP contribution is 2.36. The molecule has 0 radical (unpaired) electrons. The Morgan fingerprint density at radius 3 is 2.50 bits per heavy atom. The molecule has 9 nitrogen and oxygen atoms in total. The van der Waals surface area contributed by atoms with Crippen LogP contribution >= 0.6 is 11.3 Å². The molecule has 0 saturated carbocycles. The van der Waals surface area contributed by atoms with Crippen molar-refractivity contribution in [1.82, 2.24) is 4.57 Å². The summed E-state index contributed by atoms with van der Waals surface area (Å²) in [6, 6.07) is 11.3. The summed E-state index contributed by atoms with van der Waals surface area (Å²) in [6.45, 7) is 7.01. The van der Waals surface area contributed by atoms with Crippen molar-refractivity contribution in [1.29, 1.82) is 0 Å². The molecule has 1 aliphatic heterocycles. The van der Waals surface area contributed by atoms with Crippen LogP contribution in [0.2, 0.25) is 0 Å². The first-order valence-corrected chi connectivity index (χ1v) is 12.4. The summed E-state index contributed by atoms with van der Waals surface area (Å²) >= 11 is 1.22. The minimum absolute atomic E-state index is 0.219.